The predicted octanol–water partition coefficient (Wildman–Crippen LogP) is 16.0. The zero-order chi connectivity index (χ0) is 54.7. The van der Waals surface area contributed by atoms with E-state index in [1.165, 1.54) is 218 Å². The van der Waals surface area contributed by atoms with Crippen LogP contribution in [0.1, 0.15) is 229 Å². The van der Waals surface area contributed by atoms with Gasteiger partial charge in [0.05, 0.1) is 16.8 Å². The van der Waals surface area contributed by atoms with Crippen molar-refractivity contribution in [3.63, 3.8) is 0 Å². The first-order valence-electron chi connectivity index (χ1n) is 32.5. The molecular formula is C69H108F3N3O3. The Morgan fingerprint density at radius 1 is 0.321 bits per heavy atom. The van der Waals surface area contributed by atoms with Gasteiger partial charge in [-0.1, -0.05) is 171 Å². The van der Waals surface area contributed by atoms with E-state index >= 15 is 0 Å². The number of piperidine rings is 2. The number of aliphatic hydroxyl groups is 3. The van der Waals surface area contributed by atoms with E-state index in [2.05, 4.69) is 14.7 Å². The Morgan fingerprint density at radius 2 is 0.615 bits per heavy atom. The van der Waals surface area contributed by atoms with Gasteiger partial charge in [0.25, 0.3) is 0 Å². The van der Waals surface area contributed by atoms with Crippen molar-refractivity contribution in [3.8, 4) is 0 Å². The molecule has 78 heavy (non-hydrogen) atoms. The zero-order valence-electron chi connectivity index (χ0n) is 48.8. The molecule has 9 rings (SSSR count). The Labute approximate surface area is 472 Å². The predicted molar refractivity (Wildman–Crippen MR) is 317 cm³/mol. The van der Waals surface area contributed by atoms with Crippen molar-refractivity contribution in [1.82, 2.24) is 14.7 Å². The van der Waals surface area contributed by atoms with Gasteiger partial charge in [0, 0.05) is 56.7 Å². The van der Waals surface area contributed by atoms with Gasteiger partial charge in [-0.25, -0.2) is 13.2 Å². The monoisotopic (exact) mass is 1080 g/mol. The minimum absolute atomic E-state index is 0.193. The standard InChI is InChI=1S/2C25H40FNO.C19H28FNO/c26-24-15-12-13-22(19-24)20-25(28)16-9-6-4-2-1-3-5-8-14-23(25)21-27-17-10-7-11-18-27;26-24-15-13-22(14-16-24)20-25(28)17-9-6-4-2-1-3-5-8-12-23(25)21-27-18-10-7-11-19-27;20-18-9-5-7-16(13-18)14-19(22)10-6-8-17(19)15-21-11-3-1-2-4-12-21/h12-13,15,19,23,28H,1-11,14,16-18,20-21H2;13-16,23,28H,1-12,17-21H2;5,7,9,13,17,22H,1-4,6,8,10-12,14-15H2. The Hall–Kier alpha value is -2.79. The van der Waals surface area contributed by atoms with Crippen molar-refractivity contribution in [3.05, 3.63) is 107 Å². The summed E-state index contributed by atoms with van der Waals surface area (Å²) >= 11 is 0. The highest BCUT2D eigenvalue weighted by molar-refractivity contribution is 5.21. The van der Waals surface area contributed by atoms with Crippen molar-refractivity contribution in [2.75, 3.05) is 58.9 Å². The number of rotatable bonds is 12. The number of halogens is 3. The van der Waals surface area contributed by atoms with Crippen LogP contribution in [0.25, 0.3) is 0 Å². The molecule has 6 nitrogen and oxygen atoms in total. The summed E-state index contributed by atoms with van der Waals surface area (Å²) in [4.78, 5) is 7.71. The van der Waals surface area contributed by atoms with Gasteiger partial charge in [-0.2, -0.15) is 0 Å². The van der Waals surface area contributed by atoms with E-state index in [1.807, 2.05) is 24.3 Å². The van der Waals surface area contributed by atoms with Crippen LogP contribution in [0.15, 0.2) is 72.8 Å². The molecule has 0 radical (unpaired) electrons. The summed E-state index contributed by atoms with van der Waals surface area (Å²) in [5.41, 5.74) is 0.891. The molecule has 0 aromatic heterocycles. The number of hydrogen-bond donors (Lipinski definition) is 3. The normalized spacial score (nSPS) is 29.4. The van der Waals surface area contributed by atoms with Crippen LogP contribution in [0.2, 0.25) is 0 Å². The Kier molecular flexibility index (Phi) is 27.3. The molecule has 3 aliphatic heterocycles. The average Bonchev–Trinajstić information content (AvgIpc) is 3.63. The van der Waals surface area contributed by atoms with Crippen molar-refractivity contribution >= 4 is 0 Å². The van der Waals surface area contributed by atoms with Gasteiger partial charge in [0.2, 0.25) is 0 Å². The van der Waals surface area contributed by atoms with E-state index in [0.717, 1.165) is 94.1 Å². The molecule has 6 fully saturated rings. The summed E-state index contributed by atoms with van der Waals surface area (Å²) in [6.07, 6.45) is 42.2. The summed E-state index contributed by atoms with van der Waals surface area (Å²) in [7, 11) is 0. The molecule has 6 aliphatic rings. The minimum atomic E-state index is -0.718. The van der Waals surface area contributed by atoms with Gasteiger partial charge in [-0.05, 0) is 169 Å². The van der Waals surface area contributed by atoms with Crippen LogP contribution in [0.5, 0.6) is 0 Å². The molecule has 0 spiro atoms. The van der Waals surface area contributed by atoms with Crippen LogP contribution in [0, 0.1) is 35.2 Å². The van der Waals surface area contributed by atoms with Gasteiger partial charge in [0.1, 0.15) is 17.5 Å². The molecule has 6 atom stereocenters. The van der Waals surface area contributed by atoms with Crippen LogP contribution in [0.4, 0.5) is 13.2 Å². The highest BCUT2D eigenvalue weighted by atomic mass is 19.1. The Bertz CT molecular complexity index is 2070. The molecule has 9 heteroatoms. The maximum atomic E-state index is 13.8. The Balaban J connectivity index is 0.000000171. The number of benzene rings is 3. The molecular weight excluding hydrogens is 976 g/mol. The van der Waals surface area contributed by atoms with Gasteiger partial charge >= 0.3 is 0 Å². The molecule has 3 heterocycles. The summed E-state index contributed by atoms with van der Waals surface area (Å²) in [5, 5.41) is 35.0. The quantitative estimate of drug-likeness (QED) is 0.168. The molecule has 3 saturated carbocycles. The van der Waals surface area contributed by atoms with Crippen molar-refractivity contribution in [1.29, 1.82) is 0 Å². The topological polar surface area (TPSA) is 70.4 Å². The van der Waals surface area contributed by atoms with Crippen LogP contribution >= 0.6 is 0 Å². The lowest BCUT2D eigenvalue weighted by molar-refractivity contribution is -0.0465. The SMILES string of the molecule is OC1(Cc2ccc(F)cc2)CCCCCCCCCCC1CN1CCCCC1.OC1(Cc2cccc(F)c2)CCCC1CN1CCCCCC1.OC1(Cc2cccc(F)c2)CCCCCCCCCCC1CN1CCCCC1. The summed E-state index contributed by atoms with van der Waals surface area (Å²) in [5.74, 6) is 0.335. The minimum Gasteiger partial charge on any atom is -0.389 e. The lowest BCUT2D eigenvalue weighted by Crippen LogP contribution is -2.47. The van der Waals surface area contributed by atoms with E-state index in [4.69, 9.17) is 0 Å². The lowest BCUT2D eigenvalue weighted by atomic mass is 9.75. The average molecular weight is 1080 g/mol. The zero-order valence-corrected chi connectivity index (χ0v) is 48.8. The fourth-order valence-corrected chi connectivity index (χ4v) is 14.8. The van der Waals surface area contributed by atoms with E-state index < -0.39 is 16.8 Å². The molecule has 0 amide bonds. The van der Waals surface area contributed by atoms with E-state index in [1.54, 1.807) is 24.3 Å². The molecule has 3 saturated heterocycles. The molecule has 438 valence electrons. The maximum Gasteiger partial charge on any atom is 0.123 e. The van der Waals surface area contributed by atoms with Crippen molar-refractivity contribution in [2.24, 2.45) is 17.8 Å². The van der Waals surface area contributed by atoms with Crippen LogP contribution in [-0.4, -0.2) is 106 Å². The van der Waals surface area contributed by atoms with E-state index in [0.29, 0.717) is 31.1 Å². The molecule has 6 unspecified atom stereocenters. The smallest absolute Gasteiger partial charge is 0.123 e. The second-order valence-corrected chi connectivity index (χ2v) is 25.9. The third-order valence-corrected chi connectivity index (χ3v) is 19.5. The largest absolute Gasteiger partial charge is 0.389 e. The second kappa shape index (κ2) is 34.0. The fourth-order valence-electron chi connectivity index (χ4n) is 14.8. The van der Waals surface area contributed by atoms with Crippen LogP contribution in [0.3, 0.4) is 0 Å². The third-order valence-electron chi connectivity index (χ3n) is 19.5. The lowest BCUT2D eigenvalue weighted by Gasteiger charge is -2.41. The third kappa shape index (κ3) is 21.8. The summed E-state index contributed by atoms with van der Waals surface area (Å²) < 4.78 is 40.6. The summed E-state index contributed by atoms with van der Waals surface area (Å²) in [6.45, 7) is 10.1. The van der Waals surface area contributed by atoms with Crippen LogP contribution < -0.4 is 0 Å². The first-order chi connectivity index (χ1) is 38.0. The highest BCUT2D eigenvalue weighted by Gasteiger charge is 2.42. The Morgan fingerprint density at radius 3 is 0.987 bits per heavy atom. The maximum absolute atomic E-state index is 13.8. The van der Waals surface area contributed by atoms with Crippen LogP contribution in [-0.2, 0) is 19.3 Å². The molecule has 3 N–H and O–H groups in total. The van der Waals surface area contributed by atoms with E-state index in [9.17, 15) is 28.5 Å². The first-order valence-corrected chi connectivity index (χ1v) is 32.5. The number of nitrogens with zero attached hydrogens (tertiary/aromatic N) is 3. The van der Waals surface area contributed by atoms with Gasteiger partial charge < -0.3 is 30.0 Å². The molecule has 3 aromatic carbocycles. The second-order valence-electron chi connectivity index (χ2n) is 25.9. The van der Waals surface area contributed by atoms with Gasteiger partial charge in [-0.15, -0.1) is 0 Å². The number of hydrogen-bond acceptors (Lipinski definition) is 6. The molecule has 3 aliphatic carbocycles. The fraction of sp³-hybridized carbons (Fsp3) is 0.739. The van der Waals surface area contributed by atoms with Crippen molar-refractivity contribution in [2.45, 2.75) is 248 Å². The van der Waals surface area contributed by atoms with Crippen molar-refractivity contribution < 1.29 is 28.5 Å². The molecule has 3 aromatic rings. The van der Waals surface area contributed by atoms with Gasteiger partial charge in [0.15, 0.2) is 0 Å². The highest BCUT2D eigenvalue weighted by Crippen LogP contribution is 2.40. The molecule has 0 bridgehead atoms. The summed E-state index contributed by atoms with van der Waals surface area (Å²) in [6, 6.07) is 20.4. The first kappa shape index (κ1) is 62.8. The van der Waals surface area contributed by atoms with Gasteiger partial charge in [-0.3, -0.25) is 0 Å². The number of likely N-dealkylation sites (tertiary alicyclic amines) is 3. The van der Waals surface area contributed by atoms with E-state index in [-0.39, 0.29) is 23.4 Å².